The molecule has 0 aliphatic heterocycles. The number of rotatable bonds is 30. The Hall–Kier alpha value is -10.4. The summed E-state index contributed by atoms with van der Waals surface area (Å²) < 4.78 is 112. The first-order valence-corrected chi connectivity index (χ1v) is 42.1. The van der Waals surface area contributed by atoms with Crippen LogP contribution < -0.4 is 23.7 Å². The van der Waals surface area contributed by atoms with Gasteiger partial charge in [0.1, 0.15) is 34.2 Å². The Balaban J connectivity index is 0.000000223. The molecule has 118 heavy (non-hydrogen) atoms. The molecule has 0 atom stereocenters. The minimum absolute atomic E-state index is 0. The van der Waals surface area contributed by atoms with Crippen LogP contribution in [0.2, 0.25) is 0 Å². The fourth-order valence-corrected chi connectivity index (χ4v) is 17.2. The molecular formula is C95H113FN4O16S2. The lowest BCUT2D eigenvalue weighted by Crippen LogP contribution is -2.31. The molecular weight excluding hydrogens is 1540 g/mol. The van der Waals surface area contributed by atoms with Crippen molar-refractivity contribution in [2.45, 2.75) is 199 Å². The van der Waals surface area contributed by atoms with Gasteiger partial charge >= 0.3 is 11.9 Å². The summed E-state index contributed by atoms with van der Waals surface area (Å²) in [5.41, 5.74) is 12.2. The molecule has 628 valence electrons. The molecule has 2 aliphatic carbocycles. The summed E-state index contributed by atoms with van der Waals surface area (Å²) in [6.07, 6.45) is 10.2. The van der Waals surface area contributed by atoms with Crippen molar-refractivity contribution in [1.82, 2.24) is 18.6 Å². The van der Waals surface area contributed by atoms with Crippen molar-refractivity contribution >= 4 is 32.0 Å². The van der Waals surface area contributed by atoms with Gasteiger partial charge in [0.25, 0.3) is 0 Å². The summed E-state index contributed by atoms with van der Waals surface area (Å²) >= 11 is 0. The lowest BCUT2D eigenvalue weighted by atomic mass is 9.91. The van der Waals surface area contributed by atoms with Gasteiger partial charge in [0, 0.05) is 63.7 Å². The average Bonchev–Trinajstić information content (AvgIpc) is 1.28. The maximum absolute atomic E-state index is 14.6. The first-order valence-electron chi connectivity index (χ1n) is 39.2. The highest BCUT2D eigenvalue weighted by atomic mass is 32.2. The SMILES string of the molecule is C.CC(C)(C)OC(=O)Cc1c(-c2ccnc(F)c2)ccc2c1CCC2.COc1ccc(CN(Cc2ccc(OC)cc2)S(=O)(=O)c2cc(CCO)cc(C(C)(C)O)c2)cc1.COc1ccc(CN(Cc2ccc(OC)cc2)S(=O)(=O)c2cc(CCOc3cc(-c4ccc5c(c4CC(=O)OC(C)(C)C)CCC5)ccn3)cc(C(C)(C)O)c2)cc1. The highest BCUT2D eigenvalue weighted by Crippen LogP contribution is 2.39. The van der Waals surface area contributed by atoms with E-state index in [1.54, 1.807) is 141 Å². The first-order chi connectivity index (χ1) is 55.4. The number of ether oxygens (including phenoxy) is 7. The van der Waals surface area contributed by atoms with Crippen molar-refractivity contribution in [3.63, 3.8) is 0 Å². The van der Waals surface area contributed by atoms with Gasteiger partial charge in [0.2, 0.25) is 31.9 Å². The molecule has 2 aliphatic rings. The third kappa shape index (κ3) is 25.1. The molecule has 8 aromatic carbocycles. The maximum atomic E-state index is 14.6. The van der Waals surface area contributed by atoms with Crippen LogP contribution in [0.5, 0.6) is 28.9 Å². The smallest absolute Gasteiger partial charge is 0.310 e. The Morgan fingerprint density at radius 3 is 1.14 bits per heavy atom. The number of hydrogen-bond donors (Lipinski definition) is 3. The van der Waals surface area contributed by atoms with Crippen LogP contribution in [0, 0.1) is 5.95 Å². The van der Waals surface area contributed by atoms with Gasteiger partial charge in [-0.1, -0.05) is 92.4 Å². The maximum Gasteiger partial charge on any atom is 0.310 e. The molecule has 0 unspecified atom stereocenters. The molecule has 10 aromatic rings. The van der Waals surface area contributed by atoms with E-state index in [1.165, 1.54) is 49.2 Å². The number of fused-ring (bicyclic) bond motifs is 2. The van der Waals surface area contributed by atoms with Gasteiger partial charge in [-0.2, -0.15) is 13.0 Å². The third-order valence-corrected chi connectivity index (χ3v) is 23.6. The van der Waals surface area contributed by atoms with Crippen LogP contribution in [-0.2, 0) is 128 Å². The number of halogens is 1. The Morgan fingerprint density at radius 2 is 0.797 bits per heavy atom. The molecule has 0 saturated heterocycles. The van der Waals surface area contributed by atoms with Gasteiger partial charge in [-0.05, 0) is 299 Å². The Labute approximate surface area is 696 Å². The lowest BCUT2D eigenvalue weighted by molar-refractivity contribution is -0.155. The Bertz CT molecular complexity index is 5210. The van der Waals surface area contributed by atoms with Crippen molar-refractivity contribution in [2.75, 3.05) is 41.7 Å². The molecule has 0 fully saturated rings. The monoisotopic (exact) mass is 1650 g/mol. The van der Waals surface area contributed by atoms with Crippen LogP contribution in [0.4, 0.5) is 4.39 Å². The summed E-state index contributed by atoms with van der Waals surface area (Å²) in [5.74, 6) is 2.08. The van der Waals surface area contributed by atoms with E-state index in [9.17, 15) is 46.1 Å². The Kier molecular flexibility index (Phi) is 31.0. The highest BCUT2D eigenvalue weighted by Gasteiger charge is 2.33. The summed E-state index contributed by atoms with van der Waals surface area (Å²) in [4.78, 5) is 33.6. The van der Waals surface area contributed by atoms with E-state index in [2.05, 4.69) is 28.2 Å². The van der Waals surface area contributed by atoms with Gasteiger partial charge < -0.3 is 48.5 Å². The topological polar surface area (TPSA) is 260 Å². The molecule has 20 nitrogen and oxygen atoms in total. The second kappa shape index (κ2) is 39.9. The molecule has 2 aromatic heterocycles. The predicted octanol–water partition coefficient (Wildman–Crippen LogP) is 17.1. The first kappa shape index (κ1) is 91.5. The molecule has 0 amide bonds. The average molecular weight is 1650 g/mol. The summed E-state index contributed by atoms with van der Waals surface area (Å²) in [6, 6.07) is 54.2. The van der Waals surface area contributed by atoms with Crippen LogP contribution in [-0.4, -0.2) is 116 Å². The van der Waals surface area contributed by atoms with Crippen LogP contribution in [0.1, 0.15) is 167 Å². The fourth-order valence-electron chi connectivity index (χ4n) is 14.2. The summed E-state index contributed by atoms with van der Waals surface area (Å²) in [7, 11) is -1.75. The van der Waals surface area contributed by atoms with Crippen molar-refractivity contribution in [1.29, 1.82) is 0 Å². The van der Waals surface area contributed by atoms with Crippen LogP contribution >= 0.6 is 0 Å². The van der Waals surface area contributed by atoms with Crippen molar-refractivity contribution < 1.29 is 79.3 Å². The summed E-state index contributed by atoms with van der Waals surface area (Å²) in [6.45, 7) is 18.2. The zero-order chi connectivity index (χ0) is 84.6. The number of aliphatic hydroxyl groups is 3. The number of aromatic nitrogens is 2. The molecule has 3 N–H and O–H groups in total. The van der Waals surface area contributed by atoms with Crippen LogP contribution in [0.25, 0.3) is 22.3 Å². The highest BCUT2D eigenvalue weighted by molar-refractivity contribution is 7.89. The second-order valence-electron chi connectivity index (χ2n) is 32.3. The van der Waals surface area contributed by atoms with E-state index in [4.69, 9.17) is 33.2 Å². The largest absolute Gasteiger partial charge is 0.497 e. The fraction of sp³-hybridized carbons (Fsp3) is 0.368. The number of carbonyl (C=O) groups excluding carboxylic acids is 2. The van der Waals surface area contributed by atoms with Gasteiger partial charge in [0.05, 0.1) is 68.9 Å². The molecule has 2 heterocycles. The predicted molar refractivity (Wildman–Crippen MR) is 457 cm³/mol. The van der Waals surface area contributed by atoms with Gasteiger partial charge in [-0.25, -0.2) is 26.8 Å². The molecule has 0 radical (unpaired) electrons. The standard InChI is InChI=1S/C47H54N2O8S.C27H33NO6S.C20H22FNO2.CH4/c1-46(2,3)57-45(50)29-43-41-10-8-9-35(41)15-20-42(43)36-21-23-48-44(27-36)56-24-22-34-25-37(47(4,5)51)28-40(26-34)58(52,53)49(30-32-11-16-38(54-6)17-12-32)31-33-13-18-39(55-7)19-14-33;1-27(2,30)23-15-22(13-14-29)16-26(17-23)35(31,32)28(18-20-5-9-24(33-3)10-6-20)19-21-7-11-25(34-4)12-8-21;1-20(2,3)24-19(23)12-17-15-6-4-5-13(15)7-8-16(17)14-9-10-22-18(21)11-14;/h11-21,23,25-28,51H,8-10,22,24,29-31H2,1-7H3;5-12,15-17,29-30H,13-14,18-19H2,1-4H3;7-11H,4-6,12H2,1-3H3;1H4. The molecule has 0 spiro atoms. The van der Waals surface area contributed by atoms with Crippen molar-refractivity contribution in [2.24, 2.45) is 0 Å². The molecule has 23 heteroatoms. The molecule has 0 bridgehead atoms. The number of benzene rings is 8. The van der Waals surface area contributed by atoms with Crippen LogP contribution in [0.3, 0.4) is 0 Å². The van der Waals surface area contributed by atoms with Gasteiger partial charge in [-0.3, -0.25) is 9.59 Å². The number of nitrogens with zero attached hydrogens (tertiary/aromatic N) is 4. The van der Waals surface area contributed by atoms with Gasteiger partial charge in [-0.15, -0.1) is 0 Å². The number of methoxy groups -OCH3 is 4. The van der Waals surface area contributed by atoms with E-state index < -0.39 is 48.4 Å². The molecule has 12 rings (SSSR count). The van der Waals surface area contributed by atoms with E-state index >= 15 is 0 Å². The number of aryl methyl sites for hydroxylation is 2. The van der Waals surface area contributed by atoms with Crippen LogP contribution in [0.15, 0.2) is 204 Å². The normalized spacial score (nSPS) is 12.7. The van der Waals surface area contributed by atoms with Gasteiger partial charge in [0.15, 0.2) is 0 Å². The lowest BCUT2D eigenvalue weighted by Gasteiger charge is -2.25. The number of hydrogen-bond acceptors (Lipinski definition) is 18. The minimum Gasteiger partial charge on any atom is -0.497 e. The van der Waals surface area contributed by atoms with Crippen molar-refractivity contribution in [3.8, 4) is 51.1 Å². The van der Waals surface area contributed by atoms with E-state index in [0.29, 0.717) is 57.6 Å². The quantitative estimate of drug-likeness (QED) is 0.0279. The second-order valence-corrected chi connectivity index (χ2v) is 36.2. The number of carbonyl (C=O) groups is 2. The number of sulfonamides is 2. The van der Waals surface area contributed by atoms with Crippen molar-refractivity contribution in [3.05, 3.63) is 278 Å². The number of esters is 2. The summed E-state index contributed by atoms with van der Waals surface area (Å²) in [5, 5.41) is 31.2. The number of aliphatic hydroxyl groups excluding tert-OH is 1. The van der Waals surface area contributed by atoms with E-state index in [1.807, 2.05) is 114 Å². The zero-order valence-electron chi connectivity index (χ0n) is 69.4. The zero-order valence-corrected chi connectivity index (χ0v) is 71.1. The van der Waals surface area contributed by atoms with E-state index in [0.717, 1.165) is 94.2 Å². The number of pyridine rings is 2. The minimum atomic E-state index is -4.10. The molecule has 0 saturated carbocycles. The van der Waals surface area contributed by atoms with E-state index in [-0.39, 0.29) is 87.8 Å². The third-order valence-electron chi connectivity index (χ3n) is 20.1. The Morgan fingerprint density at radius 1 is 0.441 bits per heavy atom.